The van der Waals surface area contributed by atoms with Crippen LogP contribution in [0, 0.1) is 5.92 Å². The van der Waals surface area contributed by atoms with Crippen LogP contribution in [-0.4, -0.2) is 17.5 Å². The number of allylic oxidation sites excluding steroid dienone is 3. The van der Waals surface area contributed by atoms with Gasteiger partial charge in [0.1, 0.15) is 6.29 Å². The van der Waals surface area contributed by atoms with Gasteiger partial charge >= 0.3 is 0 Å². The second-order valence-corrected chi connectivity index (χ2v) is 4.93. The van der Waals surface area contributed by atoms with Gasteiger partial charge in [-0.1, -0.05) is 24.8 Å². The molecule has 1 N–H and O–H groups in total. The number of aliphatic hydroxyl groups excluding tert-OH is 1. The fourth-order valence-electron chi connectivity index (χ4n) is 2.16. The van der Waals surface area contributed by atoms with Crippen LogP contribution in [0.5, 0.6) is 0 Å². The zero-order valence-electron chi connectivity index (χ0n) is 10.6. The lowest BCUT2D eigenvalue weighted by Crippen LogP contribution is -2.17. The van der Waals surface area contributed by atoms with E-state index in [9.17, 15) is 9.90 Å². The summed E-state index contributed by atoms with van der Waals surface area (Å²) in [5.41, 5.74) is 2.79. The molecule has 0 aromatic rings. The average molecular weight is 234 g/mol. The van der Waals surface area contributed by atoms with Crippen molar-refractivity contribution in [2.45, 2.75) is 45.1 Å². The van der Waals surface area contributed by atoms with Crippen LogP contribution in [0.4, 0.5) is 0 Å². The Morgan fingerprint density at radius 3 is 2.82 bits per heavy atom. The summed E-state index contributed by atoms with van der Waals surface area (Å²) in [5.74, 6) is 0.267. The van der Waals surface area contributed by atoms with E-state index in [1.54, 1.807) is 0 Å². The first kappa shape index (κ1) is 13.9. The third kappa shape index (κ3) is 4.31. The molecule has 0 spiro atoms. The molecule has 0 fully saturated rings. The van der Waals surface area contributed by atoms with Gasteiger partial charge in [-0.2, -0.15) is 0 Å². The largest absolute Gasteiger partial charge is 0.389 e. The number of rotatable bonds is 2. The molecule has 2 atom stereocenters. The van der Waals surface area contributed by atoms with E-state index in [4.69, 9.17) is 0 Å². The summed E-state index contributed by atoms with van der Waals surface area (Å²) in [5, 5.41) is 10.0. The van der Waals surface area contributed by atoms with Gasteiger partial charge in [-0.05, 0) is 56.1 Å². The van der Waals surface area contributed by atoms with Crippen molar-refractivity contribution >= 4 is 6.29 Å². The van der Waals surface area contributed by atoms with Crippen molar-refractivity contribution in [1.82, 2.24) is 0 Å². The molecule has 0 saturated carbocycles. The lowest BCUT2D eigenvalue weighted by atomic mass is 9.85. The standard InChI is InChI=1S/C15H22O2/c1-11(2)14-8-7-13(10-16)6-4-5-12(3)15(17)9-14/h6,10,14-15,17H,1,3-5,7-9H2,2H3/b13-6+/t14-,15+/m1/s1. The van der Waals surface area contributed by atoms with Gasteiger partial charge < -0.3 is 5.11 Å². The van der Waals surface area contributed by atoms with E-state index in [1.165, 1.54) is 0 Å². The molecule has 1 aliphatic carbocycles. The minimum absolute atomic E-state index is 0.267. The van der Waals surface area contributed by atoms with Crippen molar-refractivity contribution in [1.29, 1.82) is 0 Å². The summed E-state index contributed by atoms with van der Waals surface area (Å²) < 4.78 is 0. The van der Waals surface area contributed by atoms with Crippen LogP contribution in [0.1, 0.15) is 39.0 Å². The highest BCUT2D eigenvalue weighted by Gasteiger charge is 2.18. The molecule has 0 aliphatic heterocycles. The first-order chi connectivity index (χ1) is 8.04. The van der Waals surface area contributed by atoms with Gasteiger partial charge in [0.05, 0.1) is 6.10 Å². The monoisotopic (exact) mass is 234 g/mol. The zero-order chi connectivity index (χ0) is 12.8. The van der Waals surface area contributed by atoms with E-state index < -0.39 is 6.10 Å². The van der Waals surface area contributed by atoms with Crippen LogP contribution in [0.3, 0.4) is 0 Å². The topological polar surface area (TPSA) is 37.3 Å². The van der Waals surface area contributed by atoms with Gasteiger partial charge in [0.25, 0.3) is 0 Å². The van der Waals surface area contributed by atoms with Gasteiger partial charge in [0.15, 0.2) is 0 Å². The van der Waals surface area contributed by atoms with Crippen LogP contribution in [0.2, 0.25) is 0 Å². The highest BCUT2D eigenvalue weighted by atomic mass is 16.3. The quantitative estimate of drug-likeness (QED) is 0.588. The summed E-state index contributed by atoms with van der Waals surface area (Å²) in [7, 11) is 0. The van der Waals surface area contributed by atoms with Crippen LogP contribution < -0.4 is 0 Å². The van der Waals surface area contributed by atoms with Gasteiger partial charge in [-0.3, -0.25) is 4.79 Å². The number of aliphatic hydroxyl groups is 1. The van der Waals surface area contributed by atoms with E-state index in [0.29, 0.717) is 6.42 Å². The van der Waals surface area contributed by atoms with Gasteiger partial charge in [-0.25, -0.2) is 0 Å². The van der Waals surface area contributed by atoms with Crippen LogP contribution in [0.25, 0.3) is 0 Å². The first-order valence-electron chi connectivity index (χ1n) is 6.20. The Labute approximate surface area is 104 Å². The van der Waals surface area contributed by atoms with Crippen LogP contribution in [0.15, 0.2) is 36.0 Å². The fraction of sp³-hybridized carbons (Fsp3) is 0.533. The Kier molecular flexibility index (Phi) is 5.36. The Bertz CT molecular complexity index is 339. The Morgan fingerprint density at radius 2 is 2.24 bits per heavy atom. The van der Waals surface area contributed by atoms with E-state index >= 15 is 0 Å². The highest BCUT2D eigenvalue weighted by molar-refractivity contribution is 5.72. The molecule has 0 saturated heterocycles. The molecule has 2 heteroatoms. The van der Waals surface area contributed by atoms with Crippen molar-refractivity contribution in [2.24, 2.45) is 5.92 Å². The Balaban J connectivity index is 2.81. The molecule has 2 nitrogen and oxygen atoms in total. The fourth-order valence-corrected chi connectivity index (χ4v) is 2.16. The molecule has 0 radical (unpaired) electrons. The predicted molar refractivity (Wildman–Crippen MR) is 70.7 cm³/mol. The molecule has 0 aromatic heterocycles. The number of carbonyl (C=O) groups is 1. The van der Waals surface area contributed by atoms with E-state index in [1.807, 2.05) is 13.0 Å². The number of carbonyl (C=O) groups excluding carboxylic acids is 1. The zero-order valence-corrected chi connectivity index (χ0v) is 10.6. The predicted octanol–water partition coefficient (Wildman–Crippen LogP) is 3.19. The number of hydrogen-bond acceptors (Lipinski definition) is 2. The van der Waals surface area contributed by atoms with Crippen LogP contribution in [-0.2, 0) is 4.79 Å². The van der Waals surface area contributed by atoms with Crippen molar-refractivity contribution in [3.63, 3.8) is 0 Å². The molecule has 0 bridgehead atoms. The molecule has 0 aromatic carbocycles. The molecule has 0 amide bonds. The third-order valence-electron chi connectivity index (χ3n) is 3.48. The SMILES string of the molecule is C=C(C)[C@@H]1CC/C(C=O)=C\CCC(=C)[C@@H](O)C1. The lowest BCUT2D eigenvalue weighted by molar-refractivity contribution is -0.105. The maximum absolute atomic E-state index is 10.9. The number of hydrogen-bond donors (Lipinski definition) is 1. The minimum atomic E-state index is -0.442. The summed E-state index contributed by atoms with van der Waals surface area (Å²) in [6.45, 7) is 9.87. The molecule has 94 valence electrons. The molecule has 17 heavy (non-hydrogen) atoms. The van der Waals surface area contributed by atoms with Gasteiger partial charge in [-0.15, -0.1) is 0 Å². The highest BCUT2D eigenvalue weighted by Crippen LogP contribution is 2.27. The smallest absolute Gasteiger partial charge is 0.145 e. The molecular weight excluding hydrogens is 212 g/mol. The molecule has 1 rings (SSSR count). The summed E-state index contributed by atoms with van der Waals surface area (Å²) >= 11 is 0. The van der Waals surface area contributed by atoms with Crippen molar-refractivity contribution in [3.05, 3.63) is 36.0 Å². The lowest BCUT2D eigenvalue weighted by Gasteiger charge is -2.23. The first-order valence-corrected chi connectivity index (χ1v) is 6.20. The maximum Gasteiger partial charge on any atom is 0.145 e. The molecule has 0 unspecified atom stereocenters. The molecular formula is C15H22O2. The Hall–Kier alpha value is -1.15. The maximum atomic E-state index is 10.9. The van der Waals surface area contributed by atoms with Crippen molar-refractivity contribution in [2.75, 3.05) is 0 Å². The second kappa shape index (κ2) is 6.55. The van der Waals surface area contributed by atoms with E-state index in [2.05, 4.69) is 13.2 Å². The number of aldehydes is 1. The molecule has 0 heterocycles. The summed E-state index contributed by atoms with van der Waals surface area (Å²) in [4.78, 5) is 10.9. The van der Waals surface area contributed by atoms with Gasteiger partial charge in [0, 0.05) is 0 Å². The van der Waals surface area contributed by atoms with Crippen LogP contribution >= 0.6 is 0 Å². The summed E-state index contributed by atoms with van der Waals surface area (Å²) in [6, 6.07) is 0. The van der Waals surface area contributed by atoms with Gasteiger partial charge in [0.2, 0.25) is 0 Å². The minimum Gasteiger partial charge on any atom is -0.389 e. The second-order valence-electron chi connectivity index (χ2n) is 4.93. The van der Waals surface area contributed by atoms with Crippen molar-refractivity contribution in [3.8, 4) is 0 Å². The summed E-state index contributed by atoms with van der Waals surface area (Å²) in [6.07, 6.45) is 6.35. The van der Waals surface area contributed by atoms with E-state index in [0.717, 1.165) is 48.7 Å². The van der Waals surface area contributed by atoms with E-state index in [-0.39, 0.29) is 5.92 Å². The Morgan fingerprint density at radius 1 is 1.53 bits per heavy atom. The molecule has 1 aliphatic rings. The normalized spacial score (nSPS) is 30.2. The third-order valence-corrected chi connectivity index (χ3v) is 3.48. The van der Waals surface area contributed by atoms with Crippen molar-refractivity contribution < 1.29 is 9.90 Å². The average Bonchev–Trinajstić information content (AvgIpc) is 2.30.